The lowest BCUT2D eigenvalue weighted by molar-refractivity contribution is 0.0951. The summed E-state index contributed by atoms with van der Waals surface area (Å²) in [4.78, 5) is 18.0. The van der Waals surface area contributed by atoms with Gasteiger partial charge in [0.2, 0.25) is 0 Å². The molecule has 0 bridgehead atoms. The van der Waals surface area contributed by atoms with Gasteiger partial charge in [0.1, 0.15) is 5.69 Å². The lowest BCUT2D eigenvalue weighted by Crippen LogP contribution is -2.36. The average Bonchev–Trinajstić information content (AvgIpc) is 2.38. The van der Waals surface area contributed by atoms with Crippen LogP contribution in [0.5, 0.6) is 0 Å². The molecule has 5 nitrogen and oxygen atoms in total. The Balaban J connectivity index is 2.80. The topological polar surface area (TPSA) is 57.3 Å². The monoisotopic (exact) mass is 278 g/mol. The van der Waals surface area contributed by atoms with Gasteiger partial charge in [-0.15, -0.1) is 0 Å². The minimum Gasteiger partial charge on any atom is -0.381 e. The number of likely N-dealkylation sites (N-methyl/N-ethyl adjacent to an activating group) is 1. The van der Waals surface area contributed by atoms with E-state index < -0.39 is 0 Å². The number of amides is 1. The number of carbonyl (C=O) groups is 1. The first kappa shape index (κ1) is 16.4. The fourth-order valence-electron chi connectivity index (χ4n) is 1.93. The Morgan fingerprint density at radius 3 is 2.65 bits per heavy atom. The molecule has 112 valence electrons. The van der Waals surface area contributed by atoms with E-state index in [0.29, 0.717) is 24.2 Å². The highest BCUT2D eigenvalue weighted by Crippen LogP contribution is 2.14. The summed E-state index contributed by atoms with van der Waals surface area (Å²) in [6, 6.07) is 4.03. The SMILES string of the molecule is CCNC(=O)c1cc(NC(CN(C)C)C(C)C)ccn1. The molecule has 1 unspecified atom stereocenters. The number of nitrogens with zero attached hydrogens (tertiary/aromatic N) is 2. The predicted octanol–water partition coefficient (Wildman–Crippen LogP) is 1.83. The number of hydrogen-bond acceptors (Lipinski definition) is 4. The summed E-state index contributed by atoms with van der Waals surface area (Å²) in [5.74, 6) is 0.364. The first-order chi connectivity index (χ1) is 9.43. The smallest absolute Gasteiger partial charge is 0.269 e. The molecule has 0 aliphatic rings. The predicted molar refractivity (Wildman–Crippen MR) is 83.0 cm³/mol. The molecule has 0 aliphatic heterocycles. The van der Waals surface area contributed by atoms with E-state index in [-0.39, 0.29) is 5.91 Å². The van der Waals surface area contributed by atoms with Gasteiger partial charge in [0.15, 0.2) is 0 Å². The van der Waals surface area contributed by atoms with Crippen LogP contribution in [-0.2, 0) is 0 Å². The maximum Gasteiger partial charge on any atom is 0.269 e. The number of hydrogen-bond donors (Lipinski definition) is 2. The van der Waals surface area contributed by atoms with Crippen LogP contribution in [0.4, 0.5) is 5.69 Å². The van der Waals surface area contributed by atoms with Gasteiger partial charge in [-0.05, 0) is 39.1 Å². The fourth-order valence-corrected chi connectivity index (χ4v) is 1.93. The molecule has 0 saturated carbocycles. The molecule has 1 aromatic heterocycles. The van der Waals surface area contributed by atoms with Crippen LogP contribution < -0.4 is 10.6 Å². The third-order valence-corrected chi connectivity index (χ3v) is 3.05. The highest BCUT2D eigenvalue weighted by Gasteiger charge is 2.15. The minimum absolute atomic E-state index is 0.134. The number of pyridine rings is 1. The van der Waals surface area contributed by atoms with Crippen LogP contribution >= 0.6 is 0 Å². The first-order valence-corrected chi connectivity index (χ1v) is 7.09. The van der Waals surface area contributed by atoms with Crippen molar-refractivity contribution in [3.8, 4) is 0 Å². The van der Waals surface area contributed by atoms with Crippen LogP contribution in [0.1, 0.15) is 31.3 Å². The molecule has 2 N–H and O–H groups in total. The molecule has 1 aromatic rings. The summed E-state index contributed by atoms with van der Waals surface area (Å²) in [7, 11) is 4.12. The Morgan fingerprint density at radius 2 is 2.10 bits per heavy atom. The number of nitrogens with one attached hydrogen (secondary N) is 2. The van der Waals surface area contributed by atoms with Crippen LogP contribution in [0.25, 0.3) is 0 Å². The molecule has 5 heteroatoms. The van der Waals surface area contributed by atoms with Crippen molar-refractivity contribution in [2.75, 3.05) is 32.5 Å². The zero-order chi connectivity index (χ0) is 15.1. The van der Waals surface area contributed by atoms with Crippen LogP contribution in [0.15, 0.2) is 18.3 Å². The van der Waals surface area contributed by atoms with Crippen molar-refractivity contribution >= 4 is 11.6 Å². The standard InChI is InChI=1S/C15H26N4O/c1-6-16-15(20)13-9-12(7-8-17-13)18-14(11(2)3)10-19(4)5/h7-9,11,14H,6,10H2,1-5H3,(H,16,20)(H,17,18). The summed E-state index contributed by atoms with van der Waals surface area (Å²) in [5, 5.41) is 6.25. The molecule has 0 aromatic carbocycles. The second-order valence-corrected chi connectivity index (χ2v) is 5.55. The van der Waals surface area contributed by atoms with Gasteiger partial charge in [-0.2, -0.15) is 0 Å². The van der Waals surface area contributed by atoms with Crippen LogP contribution in [0.2, 0.25) is 0 Å². The molecular formula is C15H26N4O. The second kappa shape index (κ2) is 7.85. The molecule has 0 saturated heterocycles. The van der Waals surface area contributed by atoms with Crippen molar-refractivity contribution < 1.29 is 4.79 Å². The van der Waals surface area contributed by atoms with E-state index in [1.807, 2.05) is 13.0 Å². The molecule has 0 fully saturated rings. The van der Waals surface area contributed by atoms with E-state index in [1.165, 1.54) is 0 Å². The molecule has 20 heavy (non-hydrogen) atoms. The van der Waals surface area contributed by atoms with Crippen molar-refractivity contribution in [2.24, 2.45) is 5.92 Å². The van der Waals surface area contributed by atoms with Crippen molar-refractivity contribution in [1.82, 2.24) is 15.2 Å². The van der Waals surface area contributed by atoms with Gasteiger partial charge in [-0.1, -0.05) is 13.8 Å². The maximum absolute atomic E-state index is 11.8. The summed E-state index contributed by atoms with van der Waals surface area (Å²) in [6.07, 6.45) is 1.67. The Morgan fingerprint density at radius 1 is 1.40 bits per heavy atom. The van der Waals surface area contributed by atoms with E-state index in [0.717, 1.165) is 12.2 Å². The van der Waals surface area contributed by atoms with E-state index in [4.69, 9.17) is 0 Å². The average molecular weight is 278 g/mol. The summed E-state index contributed by atoms with van der Waals surface area (Å²) in [5.41, 5.74) is 1.38. The zero-order valence-electron chi connectivity index (χ0n) is 13.1. The van der Waals surface area contributed by atoms with Crippen LogP contribution in [-0.4, -0.2) is 49.0 Å². The molecule has 1 amide bonds. The number of aromatic nitrogens is 1. The van der Waals surface area contributed by atoms with Gasteiger partial charge >= 0.3 is 0 Å². The molecule has 1 rings (SSSR count). The highest BCUT2D eigenvalue weighted by molar-refractivity contribution is 5.93. The van der Waals surface area contributed by atoms with Gasteiger partial charge in [0.05, 0.1) is 0 Å². The molecular weight excluding hydrogens is 252 g/mol. The van der Waals surface area contributed by atoms with Crippen molar-refractivity contribution in [3.05, 3.63) is 24.0 Å². The molecule has 0 spiro atoms. The van der Waals surface area contributed by atoms with Crippen molar-refractivity contribution in [3.63, 3.8) is 0 Å². The third-order valence-electron chi connectivity index (χ3n) is 3.05. The largest absolute Gasteiger partial charge is 0.381 e. The van der Waals surface area contributed by atoms with Gasteiger partial charge in [-0.25, -0.2) is 0 Å². The number of rotatable bonds is 7. The number of anilines is 1. The van der Waals surface area contributed by atoms with Gasteiger partial charge in [-0.3, -0.25) is 9.78 Å². The van der Waals surface area contributed by atoms with E-state index in [2.05, 4.69) is 48.5 Å². The van der Waals surface area contributed by atoms with Crippen LogP contribution in [0, 0.1) is 5.92 Å². The second-order valence-electron chi connectivity index (χ2n) is 5.55. The summed E-state index contributed by atoms with van der Waals surface area (Å²) < 4.78 is 0. The number of carbonyl (C=O) groups excluding carboxylic acids is 1. The van der Waals surface area contributed by atoms with E-state index in [1.54, 1.807) is 12.3 Å². The molecule has 0 radical (unpaired) electrons. The third kappa shape index (κ3) is 5.17. The van der Waals surface area contributed by atoms with Crippen molar-refractivity contribution in [2.45, 2.75) is 26.8 Å². The maximum atomic E-state index is 11.8. The lowest BCUT2D eigenvalue weighted by atomic mass is 10.0. The highest BCUT2D eigenvalue weighted by atomic mass is 16.1. The Kier molecular flexibility index (Phi) is 6.45. The Bertz CT molecular complexity index is 432. The van der Waals surface area contributed by atoms with Crippen LogP contribution in [0.3, 0.4) is 0 Å². The molecule has 0 aliphatic carbocycles. The molecule has 1 heterocycles. The lowest BCUT2D eigenvalue weighted by Gasteiger charge is -2.26. The van der Waals surface area contributed by atoms with Gasteiger partial charge in [0, 0.05) is 31.0 Å². The Hall–Kier alpha value is -1.62. The van der Waals surface area contributed by atoms with E-state index >= 15 is 0 Å². The quantitative estimate of drug-likeness (QED) is 0.799. The normalized spacial score (nSPS) is 12.6. The van der Waals surface area contributed by atoms with E-state index in [9.17, 15) is 4.79 Å². The zero-order valence-corrected chi connectivity index (χ0v) is 13.1. The summed E-state index contributed by atoms with van der Waals surface area (Å²) in [6.45, 7) is 7.82. The summed E-state index contributed by atoms with van der Waals surface area (Å²) >= 11 is 0. The van der Waals surface area contributed by atoms with Crippen molar-refractivity contribution in [1.29, 1.82) is 0 Å². The minimum atomic E-state index is -0.134. The fraction of sp³-hybridized carbons (Fsp3) is 0.600. The van der Waals surface area contributed by atoms with Gasteiger partial charge in [0.25, 0.3) is 5.91 Å². The Labute approximate surface area is 121 Å². The van der Waals surface area contributed by atoms with Gasteiger partial charge < -0.3 is 15.5 Å². The molecule has 1 atom stereocenters. The first-order valence-electron chi connectivity index (χ1n) is 7.09.